The highest BCUT2D eigenvalue weighted by molar-refractivity contribution is 6.02. The summed E-state index contributed by atoms with van der Waals surface area (Å²) in [5.41, 5.74) is 4.57. The van der Waals surface area contributed by atoms with Crippen LogP contribution in [-0.4, -0.2) is 35.3 Å². The van der Waals surface area contributed by atoms with Crippen molar-refractivity contribution in [3.8, 4) is 0 Å². The number of aryl methyl sites for hydroxylation is 1. The maximum atomic E-state index is 12.9. The quantitative estimate of drug-likeness (QED) is 0.847. The lowest BCUT2D eigenvalue weighted by Gasteiger charge is -2.21. The van der Waals surface area contributed by atoms with Gasteiger partial charge in [0.15, 0.2) is 0 Å². The number of rotatable bonds is 5. The predicted octanol–water partition coefficient (Wildman–Crippen LogP) is 3.79. The van der Waals surface area contributed by atoms with Crippen LogP contribution in [0.4, 0.5) is 11.4 Å². The Kier molecular flexibility index (Phi) is 5.49. The number of hydrogen-bond donors (Lipinski definition) is 2. The van der Waals surface area contributed by atoms with Crippen LogP contribution in [0, 0.1) is 13.8 Å². The molecule has 2 aromatic carbocycles. The lowest BCUT2D eigenvalue weighted by molar-refractivity contribution is -0.130. The van der Waals surface area contributed by atoms with Crippen molar-refractivity contribution in [3.05, 3.63) is 59.2 Å². The fourth-order valence-electron chi connectivity index (χ4n) is 3.41. The minimum absolute atomic E-state index is 0.00156. The van der Waals surface area contributed by atoms with Gasteiger partial charge in [0.1, 0.15) is 6.04 Å². The second-order valence-corrected chi connectivity index (χ2v) is 7.36. The van der Waals surface area contributed by atoms with Crippen molar-refractivity contribution < 1.29 is 9.59 Å². The number of anilines is 2. The highest BCUT2D eigenvalue weighted by Crippen LogP contribution is 2.25. The van der Waals surface area contributed by atoms with Gasteiger partial charge in [-0.05, 0) is 63.4 Å². The maximum Gasteiger partial charge on any atom is 0.254 e. The van der Waals surface area contributed by atoms with Gasteiger partial charge in [0, 0.05) is 18.3 Å². The first-order chi connectivity index (χ1) is 12.9. The van der Waals surface area contributed by atoms with Gasteiger partial charge in [0.2, 0.25) is 5.91 Å². The first-order valence-corrected chi connectivity index (χ1v) is 9.42. The monoisotopic (exact) mass is 365 g/mol. The molecule has 2 aromatic rings. The fraction of sp³-hybridized carbons (Fsp3) is 0.364. The lowest BCUT2D eigenvalue weighted by atomic mass is 10.1. The Balaban J connectivity index is 1.79. The van der Waals surface area contributed by atoms with Crippen LogP contribution in [0.25, 0.3) is 0 Å². The van der Waals surface area contributed by atoms with Crippen LogP contribution in [0.5, 0.6) is 0 Å². The van der Waals surface area contributed by atoms with Crippen molar-refractivity contribution in [3.63, 3.8) is 0 Å². The number of para-hydroxylation sites is 1. The van der Waals surface area contributed by atoms with Crippen molar-refractivity contribution in [1.82, 2.24) is 10.2 Å². The van der Waals surface area contributed by atoms with Gasteiger partial charge in [0.25, 0.3) is 5.91 Å². The first-order valence-electron chi connectivity index (χ1n) is 9.42. The molecule has 0 radical (unpaired) electrons. The molecule has 27 heavy (non-hydrogen) atoms. The van der Waals surface area contributed by atoms with E-state index in [1.54, 1.807) is 6.07 Å². The van der Waals surface area contributed by atoms with E-state index in [4.69, 9.17) is 0 Å². The van der Waals surface area contributed by atoms with E-state index in [0.717, 1.165) is 16.9 Å². The molecule has 0 aliphatic carbocycles. The highest BCUT2D eigenvalue weighted by Gasteiger charge is 2.34. The van der Waals surface area contributed by atoms with Crippen LogP contribution >= 0.6 is 0 Å². The SMILES string of the molecule is Cc1cccc(Nc2ccccc2C(=O)N[C@@H]2CCN(C(C)C)C2=O)c1C. The third kappa shape index (κ3) is 3.97. The van der Waals surface area contributed by atoms with Gasteiger partial charge < -0.3 is 15.5 Å². The van der Waals surface area contributed by atoms with Gasteiger partial charge in [-0.3, -0.25) is 9.59 Å². The minimum Gasteiger partial charge on any atom is -0.355 e. The molecular formula is C22H27N3O2. The molecule has 1 atom stereocenters. The predicted molar refractivity (Wildman–Crippen MR) is 108 cm³/mol. The van der Waals surface area contributed by atoms with Crippen molar-refractivity contribution >= 4 is 23.2 Å². The zero-order chi connectivity index (χ0) is 19.6. The van der Waals surface area contributed by atoms with Crippen LogP contribution < -0.4 is 10.6 Å². The Morgan fingerprint density at radius 2 is 1.78 bits per heavy atom. The summed E-state index contributed by atoms with van der Waals surface area (Å²) in [6.07, 6.45) is 0.648. The summed E-state index contributed by atoms with van der Waals surface area (Å²) in [7, 11) is 0. The average Bonchev–Trinajstić information content (AvgIpc) is 3.00. The summed E-state index contributed by atoms with van der Waals surface area (Å²) < 4.78 is 0. The Morgan fingerprint density at radius 3 is 2.48 bits per heavy atom. The number of hydrogen-bond acceptors (Lipinski definition) is 3. The third-order valence-electron chi connectivity index (χ3n) is 5.21. The van der Waals surface area contributed by atoms with E-state index in [0.29, 0.717) is 18.5 Å². The van der Waals surface area contributed by atoms with Gasteiger partial charge in [-0.2, -0.15) is 0 Å². The van der Waals surface area contributed by atoms with Crippen molar-refractivity contribution in [2.45, 2.75) is 46.2 Å². The van der Waals surface area contributed by atoms with Crippen LogP contribution in [0.1, 0.15) is 41.8 Å². The first kappa shape index (κ1) is 19.0. The molecule has 0 saturated carbocycles. The van der Waals surface area contributed by atoms with E-state index in [1.165, 1.54) is 5.56 Å². The van der Waals surface area contributed by atoms with E-state index in [-0.39, 0.29) is 17.9 Å². The molecule has 0 aromatic heterocycles. The van der Waals surface area contributed by atoms with Gasteiger partial charge in [-0.25, -0.2) is 0 Å². The standard InChI is InChI=1S/C22H27N3O2/c1-14(2)25-13-12-20(22(25)27)24-21(26)17-9-5-6-10-19(17)23-18-11-7-8-15(3)16(18)4/h5-11,14,20,23H,12-13H2,1-4H3,(H,24,26)/t20-/m1/s1. The number of carbonyl (C=O) groups excluding carboxylic acids is 2. The molecule has 1 aliphatic heterocycles. The molecule has 5 heteroatoms. The Labute approximate surface area is 160 Å². The van der Waals surface area contributed by atoms with Crippen molar-refractivity contribution in [2.24, 2.45) is 0 Å². The fourth-order valence-corrected chi connectivity index (χ4v) is 3.41. The van der Waals surface area contributed by atoms with Crippen molar-refractivity contribution in [2.75, 3.05) is 11.9 Å². The van der Waals surface area contributed by atoms with Gasteiger partial charge >= 0.3 is 0 Å². The number of nitrogens with one attached hydrogen (secondary N) is 2. The molecule has 2 amide bonds. The molecule has 1 saturated heterocycles. The summed E-state index contributed by atoms with van der Waals surface area (Å²) >= 11 is 0. The second-order valence-electron chi connectivity index (χ2n) is 7.36. The highest BCUT2D eigenvalue weighted by atomic mass is 16.2. The molecule has 2 N–H and O–H groups in total. The number of amides is 2. The molecule has 5 nitrogen and oxygen atoms in total. The molecule has 0 unspecified atom stereocenters. The Morgan fingerprint density at radius 1 is 1.07 bits per heavy atom. The van der Waals surface area contributed by atoms with E-state index in [1.807, 2.05) is 49.1 Å². The minimum atomic E-state index is -0.450. The summed E-state index contributed by atoms with van der Waals surface area (Å²) in [5, 5.41) is 6.28. The second kappa shape index (κ2) is 7.82. The van der Waals surface area contributed by atoms with Crippen LogP contribution in [0.2, 0.25) is 0 Å². The van der Waals surface area contributed by atoms with Crippen molar-refractivity contribution in [1.29, 1.82) is 0 Å². The van der Waals surface area contributed by atoms with E-state index < -0.39 is 6.04 Å². The number of benzene rings is 2. The number of likely N-dealkylation sites (tertiary alicyclic amines) is 1. The van der Waals surface area contributed by atoms with Crippen LogP contribution in [-0.2, 0) is 4.79 Å². The van der Waals surface area contributed by atoms with E-state index in [2.05, 4.69) is 30.5 Å². The topological polar surface area (TPSA) is 61.4 Å². The molecule has 0 spiro atoms. The number of nitrogens with zero attached hydrogens (tertiary/aromatic N) is 1. The van der Waals surface area contributed by atoms with Gasteiger partial charge in [0.05, 0.1) is 11.3 Å². The molecule has 3 rings (SSSR count). The molecule has 1 heterocycles. The van der Waals surface area contributed by atoms with Crippen LogP contribution in [0.15, 0.2) is 42.5 Å². The number of carbonyl (C=O) groups is 2. The van der Waals surface area contributed by atoms with Gasteiger partial charge in [-0.1, -0.05) is 24.3 Å². The smallest absolute Gasteiger partial charge is 0.254 e. The largest absolute Gasteiger partial charge is 0.355 e. The Bertz CT molecular complexity index is 860. The molecule has 1 aliphatic rings. The zero-order valence-electron chi connectivity index (χ0n) is 16.4. The Hall–Kier alpha value is -2.82. The van der Waals surface area contributed by atoms with E-state index >= 15 is 0 Å². The third-order valence-corrected chi connectivity index (χ3v) is 5.21. The molecular weight excluding hydrogens is 338 g/mol. The van der Waals surface area contributed by atoms with Gasteiger partial charge in [-0.15, -0.1) is 0 Å². The summed E-state index contributed by atoms with van der Waals surface area (Å²) in [6, 6.07) is 13.1. The molecule has 1 fully saturated rings. The maximum absolute atomic E-state index is 12.9. The summed E-state index contributed by atoms with van der Waals surface area (Å²) in [6.45, 7) is 8.78. The average molecular weight is 365 g/mol. The lowest BCUT2D eigenvalue weighted by Crippen LogP contribution is -2.43. The zero-order valence-corrected chi connectivity index (χ0v) is 16.4. The summed E-state index contributed by atoms with van der Waals surface area (Å²) in [4.78, 5) is 27.1. The van der Waals surface area contributed by atoms with E-state index in [9.17, 15) is 9.59 Å². The molecule has 0 bridgehead atoms. The summed E-state index contributed by atoms with van der Waals surface area (Å²) in [5.74, 6) is -0.231. The van der Waals surface area contributed by atoms with Crippen LogP contribution in [0.3, 0.4) is 0 Å². The molecule has 142 valence electrons. The normalized spacial score (nSPS) is 16.7.